The molecule has 1 aromatic rings. The van der Waals surface area contributed by atoms with Crippen LogP contribution in [0.15, 0.2) is 24.3 Å². The van der Waals surface area contributed by atoms with Gasteiger partial charge < -0.3 is 19.3 Å². The molecule has 1 heterocycles. The predicted octanol–water partition coefficient (Wildman–Crippen LogP) is 1.27. The number of rotatable bonds is 4. The van der Waals surface area contributed by atoms with Gasteiger partial charge in [0, 0.05) is 13.5 Å². The number of carbonyl (C=O) groups excluding carboxylic acids is 1. The predicted molar refractivity (Wildman–Crippen MR) is 67.8 cm³/mol. The first-order valence-electron chi connectivity index (χ1n) is 6.21. The first-order valence-corrected chi connectivity index (χ1v) is 6.21. The van der Waals surface area contributed by atoms with Gasteiger partial charge in [-0.05, 0) is 18.6 Å². The average molecular weight is 266 g/mol. The van der Waals surface area contributed by atoms with Crippen LogP contribution in [0.2, 0.25) is 0 Å². The molecule has 0 unspecified atom stereocenters. The Labute approximate surface area is 112 Å². The van der Waals surface area contributed by atoms with Crippen LogP contribution in [0.1, 0.15) is 22.3 Å². The number of carbonyl (C=O) groups is 1. The molecule has 0 spiro atoms. The number of methoxy groups -OCH3 is 1. The quantitative estimate of drug-likeness (QED) is 0.831. The Hall–Kier alpha value is -1.43. The van der Waals surface area contributed by atoms with E-state index in [0.717, 1.165) is 5.56 Å². The molecule has 1 aliphatic rings. The molecule has 5 heteroatoms. The van der Waals surface area contributed by atoms with E-state index in [2.05, 4.69) is 0 Å². The van der Waals surface area contributed by atoms with Crippen LogP contribution >= 0.6 is 0 Å². The van der Waals surface area contributed by atoms with Gasteiger partial charge in [0.05, 0.1) is 11.7 Å². The Bertz CT molecular complexity index is 445. The van der Waals surface area contributed by atoms with E-state index in [4.69, 9.17) is 14.2 Å². The average Bonchev–Trinajstić information content (AvgIpc) is 2.77. The molecule has 0 aromatic heterocycles. The van der Waals surface area contributed by atoms with Crippen LogP contribution in [0, 0.1) is 6.92 Å². The maximum atomic E-state index is 11.9. The number of hydrogen-bond donors (Lipinski definition) is 1. The molecule has 0 amide bonds. The molecular formula is C14H18O5. The largest absolute Gasteiger partial charge is 0.459 e. The van der Waals surface area contributed by atoms with Gasteiger partial charge in [-0.2, -0.15) is 0 Å². The molecule has 19 heavy (non-hydrogen) atoms. The third kappa shape index (κ3) is 3.32. The number of aryl methyl sites for hydroxylation is 1. The van der Waals surface area contributed by atoms with E-state index < -0.39 is 24.5 Å². The maximum Gasteiger partial charge on any atom is 0.338 e. The lowest BCUT2D eigenvalue weighted by Crippen LogP contribution is -2.28. The number of benzene rings is 1. The molecule has 1 aromatic carbocycles. The molecule has 1 N–H and O–H groups in total. The number of esters is 1. The summed E-state index contributed by atoms with van der Waals surface area (Å²) in [6.07, 6.45) is -1.24. The van der Waals surface area contributed by atoms with Crippen LogP contribution in [-0.4, -0.2) is 43.3 Å². The summed E-state index contributed by atoms with van der Waals surface area (Å²) in [4.78, 5) is 11.9. The van der Waals surface area contributed by atoms with Crippen LogP contribution < -0.4 is 0 Å². The van der Waals surface area contributed by atoms with Crippen LogP contribution in [0.3, 0.4) is 0 Å². The summed E-state index contributed by atoms with van der Waals surface area (Å²) in [7, 11) is 1.51. The van der Waals surface area contributed by atoms with Crippen LogP contribution in [0.25, 0.3) is 0 Å². The third-order valence-electron chi connectivity index (χ3n) is 3.20. The zero-order valence-electron chi connectivity index (χ0n) is 11.0. The molecule has 2 rings (SSSR count). The van der Waals surface area contributed by atoms with Gasteiger partial charge >= 0.3 is 5.97 Å². The number of ether oxygens (including phenoxy) is 3. The van der Waals surface area contributed by atoms with Crippen molar-refractivity contribution in [3.63, 3.8) is 0 Å². The first-order chi connectivity index (χ1) is 9.11. The molecule has 3 atom stereocenters. The zero-order valence-corrected chi connectivity index (χ0v) is 11.0. The first kappa shape index (κ1) is 14.0. The summed E-state index contributed by atoms with van der Waals surface area (Å²) in [5, 5.41) is 9.73. The van der Waals surface area contributed by atoms with Gasteiger partial charge in [-0.3, -0.25) is 0 Å². The normalized spacial score (nSPS) is 26.4. The molecule has 5 nitrogen and oxygen atoms in total. The molecule has 1 aliphatic heterocycles. The zero-order chi connectivity index (χ0) is 13.8. The maximum absolute atomic E-state index is 11.9. The monoisotopic (exact) mass is 266 g/mol. The molecule has 0 bridgehead atoms. The van der Waals surface area contributed by atoms with Gasteiger partial charge in [0.15, 0.2) is 6.29 Å². The minimum Gasteiger partial charge on any atom is -0.459 e. The van der Waals surface area contributed by atoms with E-state index in [0.29, 0.717) is 12.0 Å². The van der Waals surface area contributed by atoms with Crippen molar-refractivity contribution in [2.24, 2.45) is 0 Å². The fraction of sp³-hybridized carbons (Fsp3) is 0.500. The standard InChI is InChI=1S/C14H18O5/c1-9-5-3-4-6-10(9)14(16)18-8-12-11(15)7-13(17-2)19-12/h3-6,11-13,15H,7-8H2,1-2H3/t11-,12+,13-/m1/s1. The van der Waals surface area contributed by atoms with Gasteiger partial charge in [-0.15, -0.1) is 0 Å². The molecule has 1 fully saturated rings. The lowest BCUT2D eigenvalue weighted by Gasteiger charge is -2.15. The van der Waals surface area contributed by atoms with Crippen molar-refractivity contribution in [2.45, 2.75) is 31.8 Å². The highest BCUT2D eigenvalue weighted by atomic mass is 16.7. The van der Waals surface area contributed by atoms with Crippen molar-refractivity contribution in [2.75, 3.05) is 13.7 Å². The Balaban J connectivity index is 1.89. The van der Waals surface area contributed by atoms with Gasteiger partial charge in [-0.25, -0.2) is 4.79 Å². The van der Waals surface area contributed by atoms with E-state index in [1.54, 1.807) is 12.1 Å². The van der Waals surface area contributed by atoms with Crippen molar-refractivity contribution in [3.8, 4) is 0 Å². The van der Waals surface area contributed by atoms with Crippen molar-refractivity contribution in [1.29, 1.82) is 0 Å². The van der Waals surface area contributed by atoms with E-state index in [1.807, 2.05) is 19.1 Å². The summed E-state index contributed by atoms with van der Waals surface area (Å²) in [6.45, 7) is 1.87. The summed E-state index contributed by atoms with van der Waals surface area (Å²) >= 11 is 0. The highest BCUT2D eigenvalue weighted by molar-refractivity contribution is 5.90. The fourth-order valence-corrected chi connectivity index (χ4v) is 2.03. The number of aliphatic hydroxyl groups is 1. The highest BCUT2D eigenvalue weighted by Crippen LogP contribution is 2.21. The lowest BCUT2D eigenvalue weighted by molar-refractivity contribution is -0.128. The molecule has 0 radical (unpaired) electrons. The Morgan fingerprint density at radius 1 is 1.47 bits per heavy atom. The summed E-state index contributed by atoms with van der Waals surface area (Å²) < 4.78 is 15.6. The second-order valence-corrected chi connectivity index (χ2v) is 4.56. The van der Waals surface area contributed by atoms with Gasteiger partial charge in [0.1, 0.15) is 12.7 Å². The lowest BCUT2D eigenvalue weighted by atomic mass is 10.1. The number of aliphatic hydroxyl groups excluding tert-OH is 1. The SMILES string of the molecule is CO[C@H]1C[C@@H](O)[C@H](COC(=O)c2ccccc2C)O1. The summed E-state index contributed by atoms with van der Waals surface area (Å²) in [6, 6.07) is 7.20. The number of hydrogen-bond acceptors (Lipinski definition) is 5. The highest BCUT2D eigenvalue weighted by Gasteiger charge is 2.34. The molecular weight excluding hydrogens is 248 g/mol. The molecule has 0 saturated carbocycles. The third-order valence-corrected chi connectivity index (χ3v) is 3.20. The second kappa shape index (κ2) is 6.14. The second-order valence-electron chi connectivity index (χ2n) is 4.56. The van der Waals surface area contributed by atoms with Crippen molar-refractivity contribution >= 4 is 5.97 Å². The van der Waals surface area contributed by atoms with Gasteiger partial charge in [-0.1, -0.05) is 18.2 Å². The Kier molecular flexibility index (Phi) is 4.52. The summed E-state index contributed by atoms with van der Waals surface area (Å²) in [5.74, 6) is -0.408. The van der Waals surface area contributed by atoms with Gasteiger partial charge in [0.2, 0.25) is 0 Å². The Morgan fingerprint density at radius 3 is 2.84 bits per heavy atom. The minimum atomic E-state index is -0.672. The molecule has 0 aliphatic carbocycles. The van der Waals surface area contributed by atoms with Crippen LogP contribution in [0.5, 0.6) is 0 Å². The van der Waals surface area contributed by atoms with Crippen LogP contribution in [-0.2, 0) is 14.2 Å². The summed E-state index contributed by atoms with van der Waals surface area (Å²) in [5.41, 5.74) is 1.38. The van der Waals surface area contributed by atoms with Crippen molar-refractivity contribution in [1.82, 2.24) is 0 Å². The van der Waals surface area contributed by atoms with Crippen molar-refractivity contribution < 1.29 is 24.1 Å². The van der Waals surface area contributed by atoms with E-state index in [1.165, 1.54) is 7.11 Å². The van der Waals surface area contributed by atoms with Gasteiger partial charge in [0.25, 0.3) is 0 Å². The van der Waals surface area contributed by atoms with E-state index in [9.17, 15) is 9.90 Å². The fourth-order valence-electron chi connectivity index (χ4n) is 2.03. The Morgan fingerprint density at radius 2 is 2.21 bits per heavy atom. The smallest absolute Gasteiger partial charge is 0.338 e. The topological polar surface area (TPSA) is 65.0 Å². The van der Waals surface area contributed by atoms with Crippen LogP contribution in [0.4, 0.5) is 0 Å². The van der Waals surface area contributed by atoms with E-state index >= 15 is 0 Å². The van der Waals surface area contributed by atoms with Crippen molar-refractivity contribution in [3.05, 3.63) is 35.4 Å². The molecule has 1 saturated heterocycles. The minimum absolute atomic E-state index is 0.0220. The molecule has 104 valence electrons. The van der Waals surface area contributed by atoms with E-state index in [-0.39, 0.29) is 6.61 Å².